The van der Waals surface area contributed by atoms with Gasteiger partial charge in [-0.05, 0) is 19.4 Å². The van der Waals surface area contributed by atoms with Gasteiger partial charge in [-0.2, -0.15) is 13.2 Å². The minimum Gasteiger partial charge on any atom is -0.342 e. The van der Waals surface area contributed by atoms with Crippen LogP contribution in [0.1, 0.15) is 26.2 Å². The lowest BCUT2D eigenvalue weighted by atomic mass is 10.0. The van der Waals surface area contributed by atoms with Crippen LogP contribution < -0.4 is 5.32 Å². The molecule has 0 radical (unpaired) electrons. The standard InChI is InChI=1S/C12H17F5N2O/c1-2-19-6-8(11(13,14)7-19)5-9(20)18-10(3-4-10)12(15,16)17/h8H,2-7H2,1H3,(H,18,20). The van der Waals surface area contributed by atoms with Crippen molar-refractivity contribution in [1.29, 1.82) is 0 Å². The molecule has 1 unspecified atom stereocenters. The summed E-state index contributed by atoms with van der Waals surface area (Å²) in [4.78, 5) is 13.1. The molecule has 2 rings (SSSR count). The molecule has 1 N–H and O–H groups in total. The molecule has 1 heterocycles. The number of nitrogens with zero attached hydrogens (tertiary/aromatic N) is 1. The van der Waals surface area contributed by atoms with E-state index < -0.39 is 42.4 Å². The van der Waals surface area contributed by atoms with Gasteiger partial charge >= 0.3 is 6.18 Å². The van der Waals surface area contributed by atoms with Crippen molar-refractivity contribution in [3.05, 3.63) is 0 Å². The second kappa shape index (κ2) is 4.82. The van der Waals surface area contributed by atoms with Crippen molar-refractivity contribution >= 4 is 5.91 Å². The molecule has 20 heavy (non-hydrogen) atoms. The molecule has 0 spiro atoms. The highest BCUT2D eigenvalue weighted by Gasteiger charge is 2.64. The van der Waals surface area contributed by atoms with E-state index in [4.69, 9.17) is 0 Å². The van der Waals surface area contributed by atoms with Crippen molar-refractivity contribution in [2.24, 2.45) is 5.92 Å². The average molecular weight is 300 g/mol. The second-order valence-corrected chi connectivity index (χ2v) is 5.62. The first-order valence-corrected chi connectivity index (χ1v) is 6.57. The van der Waals surface area contributed by atoms with Gasteiger partial charge in [-0.3, -0.25) is 9.69 Å². The maximum atomic E-state index is 13.6. The number of likely N-dealkylation sites (tertiary alicyclic amines) is 1. The second-order valence-electron chi connectivity index (χ2n) is 5.62. The normalized spacial score (nSPS) is 28.4. The van der Waals surface area contributed by atoms with E-state index in [-0.39, 0.29) is 19.4 Å². The number of carbonyl (C=O) groups excluding carboxylic acids is 1. The zero-order valence-electron chi connectivity index (χ0n) is 11.1. The molecule has 1 saturated carbocycles. The number of hydrogen-bond acceptors (Lipinski definition) is 2. The van der Waals surface area contributed by atoms with E-state index in [1.807, 2.05) is 5.32 Å². The van der Waals surface area contributed by atoms with Gasteiger partial charge in [-0.1, -0.05) is 6.92 Å². The summed E-state index contributed by atoms with van der Waals surface area (Å²) in [6.45, 7) is 1.75. The Morgan fingerprint density at radius 2 is 1.95 bits per heavy atom. The summed E-state index contributed by atoms with van der Waals surface area (Å²) >= 11 is 0. The Bertz CT molecular complexity index is 392. The summed E-state index contributed by atoms with van der Waals surface area (Å²) in [5.74, 6) is -5.18. The third-order valence-electron chi connectivity index (χ3n) is 4.06. The Hall–Kier alpha value is -0.920. The highest BCUT2D eigenvalue weighted by Crippen LogP contribution is 2.49. The summed E-state index contributed by atoms with van der Waals surface area (Å²) in [6.07, 6.45) is -5.44. The zero-order valence-corrected chi connectivity index (χ0v) is 11.1. The largest absolute Gasteiger partial charge is 0.411 e. The maximum absolute atomic E-state index is 13.6. The van der Waals surface area contributed by atoms with Crippen LogP contribution in [-0.4, -0.2) is 48.1 Å². The van der Waals surface area contributed by atoms with Crippen LogP contribution in [0.2, 0.25) is 0 Å². The number of carbonyl (C=O) groups is 1. The molecule has 0 aromatic rings. The first-order chi connectivity index (χ1) is 9.10. The summed E-state index contributed by atoms with van der Waals surface area (Å²) in [6, 6.07) is 0. The SMILES string of the molecule is CCN1CC(CC(=O)NC2(C(F)(F)F)CC2)C(F)(F)C1. The van der Waals surface area contributed by atoms with E-state index in [1.165, 1.54) is 4.90 Å². The van der Waals surface area contributed by atoms with Crippen LogP contribution in [0.15, 0.2) is 0 Å². The van der Waals surface area contributed by atoms with Crippen LogP contribution in [0.5, 0.6) is 0 Å². The summed E-state index contributed by atoms with van der Waals surface area (Å²) in [5.41, 5.74) is -2.18. The van der Waals surface area contributed by atoms with E-state index in [9.17, 15) is 26.7 Å². The minimum atomic E-state index is -4.52. The number of amides is 1. The molecule has 1 aliphatic carbocycles. The van der Waals surface area contributed by atoms with Gasteiger partial charge in [0.05, 0.1) is 6.54 Å². The van der Waals surface area contributed by atoms with Gasteiger partial charge < -0.3 is 5.32 Å². The fraction of sp³-hybridized carbons (Fsp3) is 0.917. The van der Waals surface area contributed by atoms with Crippen molar-refractivity contribution in [3.63, 3.8) is 0 Å². The van der Waals surface area contributed by atoms with E-state index >= 15 is 0 Å². The summed E-state index contributed by atoms with van der Waals surface area (Å²) in [5, 5.41) is 1.89. The van der Waals surface area contributed by atoms with Gasteiger partial charge in [0, 0.05) is 18.9 Å². The number of alkyl halides is 5. The number of nitrogens with one attached hydrogen (secondary N) is 1. The fourth-order valence-corrected chi connectivity index (χ4v) is 2.54. The quantitative estimate of drug-likeness (QED) is 0.807. The number of rotatable bonds is 4. The van der Waals surface area contributed by atoms with Gasteiger partial charge in [-0.15, -0.1) is 0 Å². The van der Waals surface area contributed by atoms with Crippen LogP contribution in [0, 0.1) is 5.92 Å². The molecule has 0 bridgehead atoms. The van der Waals surface area contributed by atoms with Crippen LogP contribution in [0.3, 0.4) is 0 Å². The molecule has 1 saturated heterocycles. The number of hydrogen-bond donors (Lipinski definition) is 1. The van der Waals surface area contributed by atoms with Crippen LogP contribution >= 0.6 is 0 Å². The molecule has 1 amide bonds. The maximum Gasteiger partial charge on any atom is 0.411 e. The smallest absolute Gasteiger partial charge is 0.342 e. The van der Waals surface area contributed by atoms with E-state index in [1.54, 1.807) is 6.92 Å². The molecule has 3 nitrogen and oxygen atoms in total. The fourth-order valence-electron chi connectivity index (χ4n) is 2.54. The zero-order chi connectivity index (χ0) is 15.2. The van der Waals surface area contributed by atoms with Gasteiger partial charge in [0.15, 0.2) is 0 Å². The van der Waals surface area contributed by atoms with Crippen molar-refractivity contribution < 1.29 is 26.7 Å². The molecule has 2 fully saturated rings. The van der Waals surface area contributed by atoms with E-state index in [2.05, 4.69) is 0 Å². The molecule has 0 aromatic heterocycles. The molecule has 0 aromatic carbocycles. The van der Waals surface area contributed by atoms with Crippen molar-refractivity contribution in [3.8, 4) is 0 Å². The lowest BCUT2D eigenvalue weighted by Gasteiger charge is -2.23. The topological polar surface area (TPSA) is 32.3 Å². The lowest BCUT2D eigenvalue weighted by molar-refractivity contribution is -0.171. The molecule has 116 valence electrons. The minimum absolute atomic E-state index is 0.0376. The molecule has 1 aliphatic heterocycles. The first-order valence-electron chi connectivity index (χ1n) is 6.57. The van der Waals surface area contributed by atoms with Crippen molar-refractivity contribution in [1.82, 2.24) is 10.2 Å². The first kappa shape index (κ1) is 15.5. The molecular weight excluding hydrogens is 283 g/mol. The van der Waals surface area contributed by atoms with Crippen LogP contribution in [0.25, 0.3) is 0 Å². The van der Waals surface area contributed by atoms with Gasteiger partial charge in [0.2, 0.25) is 5.91 Å². The Kier molecular flexibility index (Phi) is 3.73. The monoisotopic (exact) mass is 300 g/mol. The summed E-state index contributed by atoms with van der Waals surface area (Å²) in [7, 11) is 0. The molecule has 2 aliphatic rings. The van der Waals surface area contributed by atoms with Crippen molar-refractivity contribution in [2.45, 2.75) is 43.8 Å². The Morgan fingerprint density at radius 3 is 2.35 bits per heavy atom. The average Bonchev–Trinajstić information content (AvgIpc) is 3.01. The highest BCUT2D eigenvalue weighted by molar-refractivity contribution is 5.78. The van der Waals surface area contributed by atoms with Gasteiger partial charge in [0.25, 0.3) is 5.92 Å². The molecule has 8 heteroatoms. The van der Waals surface area contributed by atoms with Crippen LogP contribution in [-0.2, 0) is 4.79 Å². The predicted molar refractivity (Wildman–Crippen MR) is 61.3 cm³/mol. The predicted octanol–water partition coefficient (Wildman–Crippen LogP) is 2.17. The molecular formula is C12H17F5N2O. The third-order valence-corrected chi connectivity index (χ3v) is 4.06. The van der Waals surface area contributed by atoms with E-state index in [0.717, 1.165) is 0 Å². The number of halogens is 5. The van der Waals surface area contributed by atoms with Gasteiger partial charge in [-0.25, -0.2) is 8.78 Å². The third kappa shape index (κ3) is 2.89. The van der Waals surface area contributed by atoms with Crippen molar-refractivity contribution in [2.75, 3.05) is 19.6 Å². The Labute approximate surface area is 113 Å². The van der Waals surface area contributed by atoms with Gasteiger partial charge in [0.1, 0.15) is 5.54 Å². The Morgan fingerprint density at radius 1 is 1.35 bits per heavy atom. The molecule has 1 atom stereocenters. The van der Waals surface area contributed by atoms with E-state index in [0.29, 0.717) is 6.54 Å². The van der Waals surface area contributed by atoms with Crippen LogP contribution in [0.4, 0.5) is 22.0 Å². The Balaban J connectivity index is 1.93. The lowest BCUT2D eigenvalue weighted by Crippen LogP contribution is -2.48. The summed E-state index contributed by atoms with van der Waals surface area (Å²) < 4.78 is 65.3. The highest BCUT2D eigenvalue weighted by atomic mass is 19.4.